The first-order valence-corrected chi connectivity index (χ1v) is 7.49. The van der Waals surface area contributed by atoms with Gasteiger partial charge in [0.15, 0.2) is 0 Å². The maximum absolute atomic E-state index is 13.1. The van der Waals surface area contributed by atoms with Crippen molar-refractivity contribution < 1.29 is 8.78 Å². The number of rotatable bonds is 2. The highest BCUT2D eigenvalue weighted by Gasteiger charge is 2.37. The van der Waals surface area contributed by atoms with E-state index < -0.39 is 0 Å². The van der Waals surface area contributed by atoms with E-state index in [9.17, 15) is 8.78 Å². The fourth-order valence-corrected chi connectivity index (χ4v) is 4.52. The largest absolute Gasteiger partial charge is 0.207 e. The Morgan fingerprint density at radius 2 is 1.00 bits per heavy atom. The predicted octanol–water partition coefficient (Wildman–Crippen LogP) is 5.12. The fraction of sp³-hybridized carbons (Fsp3) is 0.0667. The second-order valence-electron chi connectivity index (χ2n) is 4.14. The van der Waals surface area contributed by atoms with E-state index in [0.717, 1.165) is 11.1 Å². The third-order valence-corrected chi connectivity index (χ3v) is 5.87. The molecule has 0 fully saturated rings. The third-order valence-electron chi connectivity index (χ3n) is 2.97. The van der Waals surface area contributed by atoms with E-state index >= 15 is 0 Å². The first-order valence-electron chi connectivity index (χ1n) is 5.73. The molecular weight excluding hydrogens is 282 g/mol. The zero-order chi connectivity index (χ0) is 13.3. The topological polar surface area (TPSA) is 0 Å². The molecular formula is C15H10F2S2. The Morgan fingerprint density at radius 3 is 1.37 bits per heavy atom. The minimum Gasteiger partial charge on any atom is -0.207 e. The van der Waals surface area contributed by atoms with Gasteiger partial charge in [-0.25, -0.2) is 8.78 Å². The summed E-state index contributed by atoms with van der Waals surface area (Å²) in [5.74, 6) is -0.502. The van der Waals surface area contributed by atoms with Gasteiger partial charge in [0.2, 0.25) is 0 Å². The van der Waals surface area contributed by atoms with Crippen LogP contribution in [-0.4, -0.2) is 0 Å². The van der Waals surface area contributed by atoms with Crippen molar-refractivity contribution in [3.63, 3.8) is 0 Å². The molecule has 0 aromatic heterocycles. The molecule has 1 aliphatic heterocycles. The van der Waals surface area contributed by atoms with E-state index in [-0.39, 0.29) is 15.7 Å². The van der Waals surface area contributed by atoms with Crippen LogP contribution < -0.4 is 0 Å². The molecule has 1 heterocycles. The number of hydrogen-bond acceptors (Lipinski definition) is 2. The predicted molar refractivity (Wildman–Crippen MR) is 77.9 cm³/mol. The van der Waals surface area contributed by atoms with Gasteiger partial charge in [-0.05, 0) is 46.2 Å². The standard InChI is InChI=1S/C15H10F2S2/c16-13-5-1-11(2-6-13)15(18-9-10-19-15)12-3-7-14(17)8-4-12/h1-10H. The molecule has 0 radical (unpaired) electrons. The minimum atomic E-state index is -0.346. The number of thioether (sulfide) groups is 2. The summed E-state index contributed by atoms with van der Waals surface area (Å²) in [5, 5.41) is 4.02. The Kier molecular flexibility index (Phi) is 3.37. The molecule has 2 aromatic carbocycles. The lowest BCUT2D eigenvalue weighted by molar-refractivity contribution is 0.626. The van der Waals surface area contributed by atoms with Crippen molar-refractivity contribution in [2.45, 2.75) is 4.08 Å². The van der Waals surface area contributed by atoms with E-state index in [4.69, 9.17) is 0 Å². The minimum absolute atomic E-state index is 0.251. The van der Waals surface area contributed by atoms with Crippen LogP contribution in [-0.2, 0) is 4.08 Å². The first-order chi connectivity index (χ1) is 9.21. The first kappa shape index (κ1) is 12.8. The van der Waals surface area contributed by atoms with Crippen molar-refractivity contribution in [3.8, 4) is 0 Å². The summed E-state index contributed by atoms with van der Waals surface area (Å²) < 4.78 is 25.8. The molecule has 96 valence electrons. The van der Waals surface area contributed by atoms with Crippen LogP contribution in [0.15, 0.2) is 59.3 Å². The molecule has 0 aliphatic carbocycles. The van der Waals surface area contributed by atoms with Crippen molar-refractivity contribution in [2.24, 2.45) is 0 Å². The Morgan fingerprint density at radius 1 is 0.632 bits per heavy atom. The summed E-state index contributed by atoms with van der Waals surface area (Å²) in [6, 6.07) is 13.0. The Balaban J connectivity index is 2.09. The van der Waals surface area contributed by atoms with Crippen LogP contribution in [0.5, 0.6) is 0 Å². The molecule has 0 saturated carbocycles. The molecule has 0 unspecified atom stereocenters. The van der Waals surface area contributed by atoms with Crippen molar-refractivity contribution in [3.05, 3.63) is 82.1 Å². The lowest BCUT2D eigenvalue weighted by Crippen LogP contribution is -2.16. The third kappa shape index (κ3) is 2.30. The van der Waals surface area contributed by atoms with E-state index in [2.05, 4.69) is 0 Å². The van der Waals surface area contributed by atoms with Gasteiger partial charge in [0, 0.05) is 0 Å². The highest BCUT2D eigenvalue weighted by molar-refractivity contribution is 8.23. The maximum Gasteiger partial charge on any atom is 0.123 e. The number of benzene rings is 2. The van der Waals surface area contributed by atoms with Crippen molar-refractivity contribution >= 4 is 23.5 Å². The van der Waals surface area contributed by atoms with Crippen LogP contribution >= 0.6 is 23.5 Å². The van der Waals surface area contributed by atoms with Crippen LogP contribution in [0.25, 0.3) is 0 Å². The van der Waals surface area contributed by atoms with E-state index in [1.807, 2.05) is 10.8 Å². The van der Waals surface area contributed by atoms with Gasteiger partial charge in [0.25, 0.3) is 0 Å². The molecule has 0 N–H and O–H groups in total. The summed E-state index contributed by atoms with van der Waals surface area (Å²) in [6.45, 7) is 0. The molecule has 4 heteroatoms. The maximum atomic E-state index is 13.1. The molecule has 2 aromatic rings. The summed E-state index contributed by atoms with van der Waals surface area (Å²) >= 11 is 3.29. The molecule has 0 bridgehead atoms. The molecule has 3 rings (SSSR count). The molecule has 19 heavy (non-hydrogen) atoms. The lowest BCUT2D eigenvalue weighted by atomic mass is 10.0. The monoisotopic (exact) mass is 292 g/mol. The van der Waals surface area contributed by atoms with Crippen LogP contribution in [0.1, 0.15) is 11.1 Å². The SMILES string of the molecule is Fc1ccc(C2(c3ccc(F)cc3)SC=CS2)cc1. The highest BCUT2D eigenvalue weighted by Crippen LogP contribution is 2.56. The normalized spacial score (nSPS) is 16.7. The highest BCUT2D eigenvalue weighted by atomic mass is 32.2. The smallest absolute Gasteiger partial charge is 0.123 e. The van der Waals surface area contributed by atoms with Crippen molar-refractivity contribution in [1.82, 2.24) is 0 Å². The van der Waals surface area contributed by atoms with Gasteiger partial charge in [0.05, 0.1) is 0 Å². The second-order valence-corrected chi connectivity index (χ2v) is 6.64. The molecule has 0 spiro atoms. The lowest BCUT2D eigenvalue weighted by Gasteiger charge is -2.28. The van der Waals surface area contributed by atoms with E-state index in [0.29, 0.717) is 0 Å². The van der Waals surface area contributed by atoms with Gasteiger partial charge in [-0.15, -0.1) is 23.5 Å². The Hall–Kier alpha value is -1.26. The average molecular weight is 292 g/mol. The van der Waals surface area contributed by atoms with Crippen LogP contribution in [0, 0.1) is 11.6 Å². The van der Waals surface area contributed by atoms with Gasteiger partial charge in [-0.3, -0.25) is 0 Å². The Bertz CT molecular complexity index is 548. The van der Waals surface area contributed by atoms with E-state index in [1.54, 1.807) is 47.8 Å². The molecule has 0 atom stereocenters. The molecule has 1 aliphatic rings. The molecule has 0 amide bonds. The fourth-order valence-electron chi connectivity index (χ4n) is 2.05. The summed E-state index contributed by atoms with van der Waals surface area (Å²) in [6.07, 6.45) is 0. The quantitative estimate of drug-likeness (QED) is 0.753. The van der Waals surface area contributed by atoms with Crippen molar-refractivity contribution in [1.29, 1.82) is 0 Å². The second kappa shape index (κ2) is 5.02. The van der Waals surface area contributed by atoms with Gasteiger partial charge in [0.1, 0.15) is 15.7 Å². The summed E-state index contributed by atoms with van der Waals surface area (Å²) in [4.78, 5) is 0. The van der Waals surface area contributed by atoms with Crippen LogP contribution in [0.4, 0.5) is 8.78 Å². The van der Waals surface area contributed by atoms with Gasteiger partial charge >= 0.3 is 0 Å². The average Bonchev–Trinajstić information content (AvgIpc) is 2.91. The summed E-state index contributed by atoms with van der Waals surface area (Å²) in [7, 11) is 0. The molecule has 0 nitrogen and oxygen atoms in total. The summed E-state index contributed by atoms with van der Waals surface area (Å²) in [5.41, 5.74) is 2.00. The van der Waals surface area contributed by atoms with Crippen LogP contribution in [0.3, 0.4) is 0 Å². The van der Waals surface area contributed by atoms with Crippen LogP contribution in [0.2, 0.25) is 0 Å². The van der Waals surface area contributed by atoms with Gasteiger partial charge in [-0.1, -0.05) is 24.3 Å². The van der Waals surface area contributed by atoms with Gasteiger partial charge in [-0.2, -0.15) is 0 Å². The number of halogens is 2. The molecule has 0 saturated heterocycles. The van der Waals surface area contributed by atoms with Crippen molar-refractivity contribution in [2.75, 3.05) is 0 Å². The van der Waals surface area contributed by atoms with E-state index in [1.165, 1.54) is 24.3 Å². The Labute approximate surface area is 118 Å². The van der Waals surface area contributed by atoms with Gasteiger partial charge < -0.3 is 0 Å². The zero-order valence-corrected chi connectivity index (χ0v) is 11.5. The zero-order valence-electron chi connectivity index (χ0n) is 9.85. The number of hydrogen-bond donors (Lipinski definition) is 0.